The van der Waals surface area contributed by atoms with E-state index in [2.05, 4.69) is 10.5 Å². The summed E-state index contributed by atoms with van der Waals surface area (Å²) in [6, 6.07) is 4.88. The van der Waals surface area contributed by atoms with E-state index in [0.29, 0.717) is 27.4 Å². The molecule has 4 saturated carbocycles. The van der Waals surface area contributed by atoms with E-state index in [0.717, 1.165) is 11.8 Å². The van der Waals surface area contributed by atoms with Crippen LogP contribution >= 0.6 is 23.2 Å². The van der Waals surface area contributed by atoms with Crippen molar-refractivity contribution in [1.29, 1.82) is 0 Å². The second kappa shape index (κ2) is 5.54. The Hall–Kier alpha value is -1.06. The van der Waals surface area contributed by atoms with Gasteiger partial charge in [0.1, 0.15) is 0 Å². The van der Waals surface area contributed by atoms with E-state index in [1.807, 2.05) is 0 Å². The van der Waals surface area contributed by atoms with Crippen molar-refractivity contribution >= 4 is 34.8 Å². The molecule has 1 aromatic carbocycles. The number of nitrogens with one attached hydrogen (secondary N) is 1. The molecule has 1 amide bonds. The summed E-state index contributed by atoms with van der Waals surface area (Å²) < 4.78 is 0. The van der Waals surface area contributed by atoms with Crippen LogP contribution in [0, 0.1) is 23.7 Å². The molecule has 0 aromatic heterocycles. The van der Waals surface area contributed by atoms with E-state index in [1.54, 1.807) is 18.2 Å². The summed E-state index contributed by atoms with van der Waals surface area (Å²) in [7, 11) is 0. The third-order valence-corrected chi connectivity index (χ3v) is 6.18. The first kappa shape index (κ1) is 14.5. The van der Waals surface area contributed by atoms with Crippen LogP contribution in [0.1, 0.15) is 42.5 Å². The maximum atomic E-state index is 12.2. The molecule has 0 spiro atoms. The number of rotatable bonds is 2. The van der Waals surface area contributed by atoms with Gasteiger partial charge in [0.15, 0.2) is 0 Å². The van der Waals surface area contributed by atoms with Crippen LogP contribution in [-0.4, -0.2) is 11.6 Å². The lowest BCUT2D eigenvalue weighted by molar-refractivity contribution is 0.0942. The van der Waals surface area contributed by atoms with Gasteiger partial charge in [-0.25, -0.2) is 5.43 Å². The molecule has 4 aliphatic carbocycles. The number of benzene rings is 1. The molecule has 5 rings (SSSR count). The van der Waals surface area contributed by atoms with Crippen molar-refractivity contribution in [1.82, 2.24) is 5.43 Å². The van der Waals surface area contributed by atoms with Gasteiger partial charge in [-0.05, 0) is 74.0 Å². The van der Waals surface area contributed by atoms with E-state index >= 15 is 0 Å². The van der Waals surface area contributed by atoms with E-state index in [9.17, 15) is 4.79 Å². The molecule has 0 saturated heterocycles. The van der Waals surface area contributed by atoms with Crippen molar-refractivity contribution < 1.29 is 4.79 Å². The quantitative estimate of drug-likeness (QED) is 0.791. The fourth-order valence-corrected chi connectivity index (χ4v) is 4.96. The first-order chi connectivity index (χ1) is 10.6. The highest BCUT2D eigenvalue weighted by Crippen LogP contribution is 2.52. The van der Waals surface area contributed by atoms with Gasteiger partial charge in [-0.3, -0.25) is 4.79 Å². The standard InChI is InChI=1S/C17H18Cl2N2O/c18-14-2-1-11(8-15(14)19)17(22)21-20-16-12-4-9-3-10(6-12)7-13(16)5-9/h1-2,8-10,12-13H,3-7H2,(H,21,22). The van der Waals surface area contributed by atoms with Crippen LogP contribution in [0.3, 0.4) is 0 Å². The molecular weight excluding hydrogens is 319 g/mol. The molecule has 0 heterocycles. The summed E-state index contributed by atoms with van der Waals surface area (Å²) in [5, 5.41) is 5.33. The zero-order valence-corrected chi connectivity index (χ0v) is 13.7. The molecule has 5 heteroatoms. The predicted molar refractivity (Wildman–Crippen MR) is 88.4 cm³/mol. The molecule has 116 valence electrons. The van der Waals surface area contributed by atoms with Gasteiger partial charge in [-0.2, -0.15) is 5.10 Å². The average molecular weight is 337 g/mol. The molecule has 4 bridgehead atoms. The summed E-state index contributed by atoms with van der Waals surface area (Å²) in [5.41, 5.74) is 4.43. The van der Waals surface area contributed by atoms with Gasteiger partial charge in [-0.15, -0.1) is 0 Å². The number of carbonyl (C=O) groups excluding carboxylic acids is 1. The number of hydrogen-bond acceptors (Lipinski definition) is 2. The Balaban J connectivity index is 1.49. The summed E-state index contributed by atoms with van der Waals surface area (Å²) in [6.07, 6.45) is 6.45. The molecule has 1 N–H and O–H groups in total. The largest absolute Gasteiger partial charge is 0.271 e. The number of halogens is 2. The van der Waals surface area contributed by atoms with Gasteiger partial charge in [0.05, 0.1) is 10.0 Å². The molecule has 4 aliphatic rings. The van der Waals surface area contributed by atoms with Crippen molar-refractivity contribution in [3.63, 3.8) is 0 Å². The van der Waals surface area contributed by atoms with Crippen LogP contribution in [0.25, 0.3) is 0 Å². The highest BCUT2D eigenvalue weighted by molar-refractivity contribution is 6.42. The fourth-order valence-electron chi connectivity index (χ4n) is 4.67. The van der Waals surface area contributed by atoms with E-state index < -0.39 is 0 Å². The summed E-state index contributed by atoms with van der Waals surface area (Å²) in [4.78, 5) is 12.2. The first-order valence-electron chi connectivity index (χ1n) is 7.93. The third kappa shape index (κ3) is 2.55. The Kier molecular flexibility index (Phi) is 3.66. The lowest BCUT2D eigenvalue weighted by Crippen LogP contribution is -2.46. The zero-order chi connectivity index (χ0) is 15.3. The minimum atomic E-state index is -0.222. The van der Waals surface area contributed by atoms with Crippen molar-refractivity contribution in [3.8, 4) is 0 Å². The monoisotopic (exact) mass is 336 g/mol. The van der Waals surface area contributed by atoms with E-state index in [1.165, 1.54) is 37.8 Å². The molecular formula is C17H18Cl2N2O. The lowest BCUT2D eigenvalue weighted by Gasteiger charge is -2.50. The molecule has 1 aromatic rings. The van der Waals surface area contributed by atoms with Crippen molar-refractivity contribution in [3.05, 3.63) is 33.8 Å². The normalized spacial score (nSPS) is 32.2. The highest BCUT2D eigenvalue weighted by Gasteiger charge is 2.46. The predicted octanol–water partition coefficient (Wildman–Crippen LogP) is 4.54. The number of hydrogen-bond donors (Lipinski definition) is 1. The van der Waals surface area contributed by atoms with E-state index in [4.69, 9.17) is 23.2 Å². The highest BCUT2D eigenvalue weighted by atomic mass is 35.5. The molecule has 3 nitrogen and oxygen atoms in total. The minimum Gasteiger partial charge on any atom is -0.267 e. The maximum Gasteiger partial charge on any atom is 0.271 e. The number of nitrogens with zero attached hydrogens (tertiary/aromatic N) is 1. The summed E-state index contributed by atoms with van der Waals surface area (Å²) in [6.45, 7) is 0. The summed E-state index contributed by atoms with van der Waals surface area (Å²) >= 11 is 11.8. The minimum absolute atomic E-state index is 0.222. The smallest absolute Gasteiger partial charge is 0.267 e. The zero-order valence-electron chi connectivity index (χ0n) is 12.2. The topological polar surface area (TPSA) is 41.5 Å². The van der Waals surface area contributed by atoms with Crippen LogP contribution in [-0.2, 0) is 0 Å². The van der Waals surface area contributed by atoms with Crippen LogP contribution in [0.15, 0.2) is 23.3 Å². The molecule has 0 atom stereocenters. The maximum absolute atomic E-state index is 12.2. The lowest BCUT2D eigenvalue weighted by atomic mass is 9.55. The Morgan fingerprint density at radius 1 is 1.00 bits per heavy atom. The fraction of sp³-hybridized carbons (Fsp3) is 0.529. The van der Waals surface area contributed by atoms with Gasteiger partial charge in [0.25, 0.3) is 5.91 Å². The molecule has 0 radical (unpaired) electrons. The van der Waals surface area contributed by atoms with Gasteiger partial charge < -0.3 is 0 Å². The Morgan fingerprint density at radius 2 is 1.64 bits per heavy atom. The molecule has 22 heavy (non-hydrogen) atoms. The van der Waals surface area contributed by atoms with Crippen LogP contribution in [0.4, 0.5) is 0 Å². The van der Waals surface area contributed by atoms with Crippen LogP contribution in [0.5, 0.6) is 0 Å². The van der Waals surface area contributed by atoms with Gasteiger partial charge in [0, 0.05) is 11.3 Å². The molecule has 0 unspecified atom stereocenters. The Labute approximate surface area is 140 Å². The molecule has 4 fully saturated rings. The second-order valence-electron chi connectivity index (χ2n) is 6.91. The first-order valence-corrected chi connectivity index (χ1v) is 8.68. The third-order valence-electron chi connectivity index (χ3n) is 5.44. The van der Waals surface area contributed by atoms with Gasteiger partial charge in [0.2, 0.25) is 0 Å². The van der Waals surface area contributed by atoms with Crippen molar-refractivity contribution in [2.24, 2.45) is 28.8 Å². The second-order valence-corrected chi connectivity index (χ2v) is 7.73. The van der Waals surface area contributed by atoms with Crippen LogP contribution in [0.2, 0.25) is 10.0 Å². The summed E-state index contributed by atoms with van der Waals surface area (Å²) in [5.74, 6) is 2.75. The SMILES string of the molecule is O=C(NN=C1C2CC3CC(C2)CC1C3)c1ccc(Cl)c(Cl)c1. The van der Waals surface area contributed by atoms with Crippen molar-refractivity contribution in [2.45, 2.75) is 32.1 Å². The molecule has 0 aliphatic heterocycles. The Bertz CT molecular complexity index is 626. The van der Waals surface area contributed by atoms with Crippen LogP contribution < -0.4 is 5.43 Å². The van der Waals surface area contributed by atoms with Crippen molar-refractivity contribution in [2.75, 3.05) is 0 Å². The van der Waals surface area contributed by atoms with E-state index in [-0.39, 0.29) is 5.91 Å². The number of amides is 1. The number of hydrazone groups is 1. The average Bonchev–Trinajstić information content (AvgIpc) is 2.48. The van der Waals surface area contributed by atoms with Gasteiger partial charge >= 0.3 is 0 Å². The van der Waals surface area contributed by atoms with Gasteiger partial charge in [-0.1, -0.05) is 23.2 Å². The number of carbonyl (C=O) groups is 1. The Morgan fingerprint density at radius 3 is 2.23 bits per heavy atom.